The van der Waals surface area contributed by atoms with Crippen molar-refractivity contribution in [3.63, 3.8) is 0 Å². The fraction of sp³-hybridized carbons (Fsp3) is 0.611. The zero-order chi connectivity index (χ0) is 17.6. The summed E-state index contributed by atoms with van der Waals surface area (Å²) >= 11 is 3.49. The minimum Gasteiger partial charge on any atom is -0.369 e. The number of nitrogens with one attached hydrogen (secondary N) is 3. The topological polar surface area (TPSA) is 51.7 Å². The van der Waals surface area contributed by atoms with Gasteiger partial charge >= 0.3 is 0 Å². The smallest absolute Gasteiger partial charge is 0.191 e. The zero-order valence-electron chi connectivity index (χ0n) is 15.2. The average Bonchev–Trinajstić information content (AvgIpc) is 2.98. The van der Waals surface area contributed by atoms with Gasteiger partial charge < -0.3 is 20.9 Å². The minimum atomic E-state index is 0.148. The maximum Gasteiger partial charge on any atom is 0.191 e. The van der Waals surface area contributed by atoms with Crippen LogP contribution in [0.25, 0.3) is 0 Å². The summed E-state index contributed by atoms with van der Waals surface area (Å²) in [7, 11) is 1.83. The van der Waals surface area contributed by atoms with Gasteiger partial charge in [0.15, 0.2) is 5.96 Å². The lowest BCUT2D eigenvalue weighted by molar-refractivity contribution is 0.428. The van der Waals surface area contributed by atoms with Crippen molar-refractivity contribution < 1.29 is 0 Å². The number of rotatable bonds is 5. The first-order valence-electron chi connectivity index (χ1n) is 8.60. The van der Waals surface area contributed by atoms with Gasteiger partial charge in [-0.05, 0) is 51.5 Å². The van der Waals surface area contributed by atoms with Crippen molar-refractivity contribution in [3.8, 4) is 0 Å². The summed E-state index contributed by atoms with van der Waals surface area (Å²) in [4.78, 5) is 6.75. The quantitative estimate of drug-likeness (QED) is 0.407. The van der Waals surface area contributed by atoms with Crippen LogP contribution in [0.3, 0.4) is 0 Å². The Bertz CT molecular complexity index is 535. The summed E-state index contributed by atoms with van der Waals surface area (Å²) in [5.74, 6) is 0.883. The molecule has 1 aliphatic heterocycles. The van der Waals surface area contributed by atoms with Gasteiger partial charge in [0.2, 0.25) is 0 Å². The Hall–Kier alpha value is -1.27. The van der Waals surface area contributed by atoms with Crippen LogP contribution >= 0.6 is 15.9 Å². The van der Waals surface area contributed by atoms with Crippen LogP contribution in [0.2, 0.25) is 0 Å². The summed E-state index contributed by atoms with van der Waals surface area (Å²) in [6.07, 6.45) is 1.12. The molecule has 1 saturated heterocycles. The molecule has 1 aliphatic rings. The molecular formula is C18H30BrN5. The first-order chi connectivity index (χ1) is 11.4. The molecule has 0 aromatic heterocycles. The molecule has 0 amide bonds. The fourth-order valence-corrected chi connectivity index (χ4v) is 3.04. The van der Waals surface area contributed by atoms with Crippen LogP contribution in [0, 0.1) is 0 Å². The molecule has 6 heteroatoms. The van der Waals surface area contributed by atoms with Crippen molar-refractivity contribution in [2.45, 2.75) is 38.8 Å². The lowest BCUT2D eigenvalue weighted by atomic mass is 10.1. The third-order valence-electron chi connectivity index (χ3n) is 4.02. The number of aliphatic imine (C=N–C) groups is 1. The van der Waals surface area contributed by atoms with E-state index < -0.39 is 0 Å². The molecule has 1 heterocycles. The van der Waals surface area contributed by atoms with Crippen molar-refractivity contribution in [1.29, 1.82) is 0 Å². The minimum absolute atomic E-state index is 0.148. The Morgan fingerprint density at radius 1 is 1.25 bits per heavy atom. The maximum atomic E-state index is 4.34. The Kier molecular flexibility index (Phi) is 6.92. The Labute approximate surface area is 154 Å². The molecule has 0 radical (unpaired) electrons. The van der Waals surface area contributed by atoms with Crippen LogP contribution < -0.4 is 20.9 Å². The third-order valence-corrected chi connectivity index (χ3v) is 4.55. The summed E-state index contributed by atoms with van der Waals surface area (Å²) in [5, 5.41) is 10.4. The Morgan fingerprint density at radius 3 is 2.58 bits per heavy atom. The van der Waals surface area contributed by atoms with Gasteiger partial charge in [0, 0.05) is 55.0 Å². The van der Waals surface area contributed by atoms with Crippen LogP contribution in [-0.4, -0.2) is 50.8 Å². The number of nitrogens with zero attached hydrogens (tertiary/aromatic N) is 2. The summed E-state index contributed by atoms with van der Waals surface area (Å²) in [5.41, 5.74) is 1.43. The van der Waals surface area contributed by atoms with E-state index in [2.05, 4.69) is 86.8 Å². The first kappa shape index (κ1) is 19.1. The monoisotopic (exact) mass is 395 g/mol. The van der Waals surface area contributed by atoms with Crippen LogP contribution in [0.5, 0.6) is 0 Å². The van der Waals surface area contributed by atoms with E-state index in [1.807, 2.05) is 7.05 Å². The second kappa shape index (κ2) is 8.72. The number of hydrogen-bond donors (Lipinski definition) is 3. The van der Waals surface area contributed by atoms with Crippen molar-refractivity contribution in [1.82, 2.24) is 16.0 Å². The predicted molar refractivity (Wildman–Crippen MR) is 107 cm³/mol. The normalized spacial score (nSPS) is 18.8. The molecular weight excluding hydrogens is 366 g/mol. The van der Waals surface area contributed by atoms with E-state index in [9.17, 15) is 0 Å². The number of anilines is 1. The lowest BCUT2D eigenvalue weighted by Gasteiger charge is -2.22. The average molecular weight is 396 g/mol. The highest BCUT2D eigenvalue weighted by Crippen LogP contribution is 2.22. The van der Waals surface area contributed by atoms with E-state index in [1.165, 1.54) is 5.69 Å². The van der Waals surface area contributed by atoms with Crippen molar-refractivity contribution in [3.05, 3.63) is 28.7 Å². The number of hydrogen-bond acceptors (Lipinski definition) is 3. The van der Waals surface area contributed by atoms with Gasteiger partial charge in [-0.15, -0.1) is 0 Å². The molecule has 0 bridgehead atoms. The van der Waals surface area contributed by atoms with Gasteiger partial charge in [-0.1, -0.05) is 15.9 Å². The van der Waals surface area contributed by atoms with Gasteiger partial charge in [-0.25, -0.2) is 0 Å². The fourth-order valence-electron chi connectivity index (χ4n) is 2.77. The first-order valence-corrected chi connectivity index (χ1v) is 9.39. The molecule has 1 aromatic carbocycles. The summed E-state index contributed by atoms with van der Waals surface area (Å²) < 4.78 is 1.12. The molecule has 24 heavy (non-hydrogen) atoms. The van der Waals surface area contributed by atoms with E-state index in [4.69, 9.17) is 0 Å². The molecule has 5 nitrogen and oxygen atoms in total. The molecule has 1 aromatic rings. The molecule has 3 N–H and O–H groups in total. The van der Waals surface area contributed by atoms with Crippen molar-refractivity contribution >= 4 is 27.6 Å². The number of benzene rings is 1. The molecule has 1 fully saturated rings. The highest BCUT2D eigenvalue weighted by molar-refractivity contribution is 9.10. The Morgan fingerprint density at radius 2 is 1.96 bits per heavy atom. The van der Waals surface area contributed by atoms with Gasteiger partial charge in [-0.3, -0.25) is 4.99 Å². The predicted octanol–water partition coefficient (Wildman–Crippen LogP) is 2.58. The molecule has 1 unspecified atom stereocenters. The maximum absolute atomic E-state index is 4.34. The largest absolute Gasteiger partial charge is 0.369 e. The van der Waals surface area contributed by atoms with Gasteiger partial charge in [-0.2, -0.15) is 0 Å². The van der Waals surface area contributed by atoms with Crippen molar-refractivity contribution in [2.75, 3.05) is 38.1 Å². The van der Waals surface area contributed by atoms with Crippen LogP contribution in [-0.2, 0) is 0 Å². The Balaban J connectivity index is 1.75. The third kappa shape index (κ3) is 6.32. The number of guanidine groups is 1. The zero-order valence-corrected chi connectivity index (χ0v) is 16.8. The van der Waals surface area contributed by atoms with E-state index in [-0.39, 0.29) is 5.54 Å². The van der Waals surface area contributed by atoms with Crippen molar-refractivity contribution in [2.24, 2.45) is 4.99 Å². The number of halogens is 1. The van der Waals surface area contributed by atoms with Gasteiger partial charge in [0.1, 0.15) is 0 Å². The molecule has 1 atom stereocenters. The molecule has 2 rings (SSSR count). The lowest BCUT2D eigenvalue weighted by Crippen LogP contribution is -2.47. The van der Waals surface area contributed by atoms with E-state index in [0.29, 0.717) is 6.04 Å². The van der Waals surface area contributed by atoms with Crippen LogP contribution in [0.15, 0.2) is 33.7 Å². The van der Waals surface area contributed by atoms with Gasteiger partial charge in [0.25, 0.3) is 0 Å². The van der Waals surface area contributed by atoms with Crippen LogP contribution in [0.1, 0.15) is 27.2 Å². The highest BCUT2D eigenvalue weighted by atomic mass is 79.9. The van der Waals surface area contributed by atoms with Crippen LogP contribution in [0.4, 0.5) is 5.69 Å². The molecule has 0 saturated carbocycles. The van der Waals surface area contributed by atoms with Gasteiger partial charge in [0.05, 0.1) is 0 Å². The summed E-state index contributed by atoms with van der Waals surface area (Å²) in [6, 6.07) is 8.95. The van der Waals surface area contributed by atoms with E-state index in [1.54, 1.807) is 0 Å². The second-order valence-corrected chi connectivity index (χ2v) is 8.14. The molecule has 0 spiro atoms. The second-order valence-electron chi connectivity index (χ2n) is 7.23. The molecule has 134 valence electrons. The summed E-state index contributed by atoms with van der Waals surface area (Å²) in [6.45, 7) is 10.4. The highest BCUT2D eigenvalue weighted by Gasteiger charge is 2.23. The SMILES string of the molecule is CN=C(NCCNC(C)(C)C)NC1CCN(c2ccc(Br)cc2)C1. The standard InChI is InChI=1S/C18H30BrN5/c1-18(2,3)22-11-10-21-17(20-4)23-15-9-12-24(13-15)16-7-5-14(19)6-8-16/h5-8,15,22H,9-13H2,1-4H3,(H2,20,21,23). The van der Waals surface area contributed by atoms with E-state index >= 15 is 0 Å². The van der Waals surface area contributed by atoms with E-state index in [0.717, 1.165) is 43.0 Å². The molecule has 0 aliphatic carbocycles.